The lowest BCUT2D eigenvalue weighted by atomic mass is 10.2. The Bertz CT molecular complexity index is 635. The number of carbonyl (C=O) groups is 1. The average molecular weight is 305 g/mol. The van der Waals surface area contributed by atoms with Crippen LogP contribution < -0.4 is 14.3 Å². The second kappa shape index (κ2) is 6.36. The summed E-state index contributed by atoms with van der Waals surface area (Å²) in [5, 5.41) is 4.24. The lowest BCUT2D eigenvalue weighted by Crippen LogP contribution is -2.21. The predicted molar refractivity (Wildman–Crippen MR) is 85.4 cm³/mol. The molecule has 0 saturated carbocycles. The summed E-state index contributed by atoms with van der Waals surface area (Å²) in [5.41, 5.74) is 2.60. The van der Waals surface area contributed by atoms with Gasteiger partial charge < -0.3 is 4.90 Å². The molecule has 3 heterocycles. The van der Waals surface area contributed by atoms with Crippen LogP contribution in [-0.4, -0.2) is 35.2 Å². The number of hydrogen-bond donors (Lipinski definition) is 2. The molecule has 0 aliphatic carbocycles. The summed E-state index contributed by atoms with van der Waals surface area (Å²) in [6, 6.07) is 4.10. The van der Waals surface area contributed by atoms with Gasteiger partial charge in [0.1, 0.15) is 0 Å². The van der Waals surface area contributed by atoms with E-state index in [2.05, 4.69) is 25.5 Å². The van der Waals surface area contributed by atoms with Gasteiger partial charge in [-0.3, -0.25) is 9.52 Å². The maximum Gasteiger partial charge on any atom is 0.265 e. The van der Waals surface area contributed by atoms with Crippen LogP contribution in [0.4, 0.5) is 5.69 Å². The molecule has 0 atom stereocenters. The van der Waals surface area contributed by atoms with Crippen LogP contribution in [0.2, 0.25) is 0 Å². The minimum absolute atomic E-state index is 0.130. The van der Waals surface area contributed by atoms with Gasteiger partial charge >= 0.3 is 0 Å². The summed E-state index contributed by atoms with van der Waals surface area (Å²) >= 11 is 1.20. The van der Waals surface area contributed by atoms with Crippen molar-refractivity contribution in [3.63, 3.8) is 0 Å². The van der Waals surface area contributed by atoms with Crippen molar-refractivity contribution < 1.29 is 4.79 Å². The fraction of sp³-hybridized carbons (Fsp3) is 0.429. The zero-order chi connectivity index (χ0) is 14.7. The molecular formula is C14H19N5OS. The first-order valence-corrected chi connectivity index (χ1v) is 8.02. The van der Waals surface area contributed by atoms with Crippen molar-refractivity contribution in [3.8, 4) is 0 Å². The Balaban J connectivity index is 1.85. The Morgan fingerprint density at radius 3 is 3.00 bits per heavy atom. The third-order valence-corrected chi connectivity index (χ3v) is 4.30. The minimum atomic E-state index is -0.130. The molecular weight excluding hydrogens is 286 g/mol. The molecule has 1 saturated heterocycles. The minimum Gasteiger partial charge on any atom is -0.371 e. The predicted octanol–water partition coefficient (Wildman–Crippen LogP) is 1.84. The van der Waals surface area contributed by atoms with Crippen molar-refractivity contribution in [1.82, 2.24) is 19.1 Å². The van der Waals surface area contributed by atoms with Gasteiger partial charge in [0.05, 0.1) is 17.3 Å². The van der Waals surface area contributed by atoms with E-state index in [1.807, 2.05) is 19.2 Å². The number of nitrogens with one attached hydrogen (secondary N) is 2. The third kappa shape index (κ3) is 2.98. The molecule has 1 amide bonds. The van der Waals surface area contributed by atoms with Crippen LogP contribution in [0.15, 0.2) is 24.5 Å². The smallest absolute Gasteiger partial charge is 0.265 e. The Kier molecular flexibility index (Phi) is 4.31. The number of aromatic nitrogens is 2. The van der Waals surface area contributed by atoms with Crippen LogP contribution in [-0.2, 0) is 0 Å². The van der Waals surface area contributed by atoms with Gasteiger partial charge in [-0.1, -0.05) is 6.92 Å². The number of amides is 1. The van der Waals surface area contributed by atoms with E-state index in [0.717, 1.165) is 30.8 Å². The average Bonchev–Trinajstić information content (AvgIpc) is 3.16. The van der Waals surface area contributed by atoms with E-state index in [9.17, 15) is 4.79 Å². The number of fused-ring (bicyclic) bond motifs is 1. The molecule has 6 nitrogen and oxygen atoms in total. The number of hydrogen-bond acceptors (Lipinski definition) is 5. The highest BCUT2D eigenvalue weighted by molar-refractivity contribution is 7.96. The Morgan fingerprint density at radius 2 is 2.24 bits per heavy atom. The van der Waals surface area contributed by atoms with Crippen molar-refractivity contribution >= 4 is 29.2 Å². The highest BCUT2D eigenvalue weighted by Gasteiger charge is 2.16. The van der Waals surface area contributed by atoms with E-state index in [1.165, 1.54) is 25.0 Å². The van der Waals surface area contributed by atoms with Gasteiger partial charge in [-0.05, 0) is 25.0 Å². The molecule has 21 heavy (non-hydrogen) atoms. The molecule has 2 aromatic heterocycles. The van der Waals surface area contributed by atoms with Crippen molar-refractivity contribution in [2.75, 3.05) is 24.5 Å². The normalized spacial score (nSPS) is 14.8. The number of carbonyl (C=O) groups excluding carboxylic acids is 1. The van der Waals surface area contributed by atoms with Crippen LogP contribution in [0.3, 0.4) is 0 Å². The van der Waals surface area contributed by atoms with Gasteiger partial charge in [-0.2, -0.15) is 5.10 Å². The summed E-state index contributed by atoms with van der Waals surface area (Å²) in [5.74, 6) is -0.130. The summed E-state index contributed by atoms with van der Waals surface area (Å²) in [4.78, 5) is 14.5. The Hall–Kier alpha value is -1.73. The van der Waals surface area contributed by atoms with Gasteiger partial charge in [0, 0.05) is 43.7 Å². The van der Waals surface area contributed by atoms with Crippen molar-refractivity contribution in [1.29, 1.82) is 0 Å². The summed E-state index contributed by atoms with van der Waals surface area (Å²) in [6.45, 7) is 4.94. The summed E-state index contributed by atoms with van der Waals surface area (Å²) in [6.07, 6.45) is 6.00. The standard InChI is InChI=1S/C14H19N5OS/c1-2-16-21-17-14(20)12-10-15-19-8-5-11(9-13(12)19)18-6-3-4-7-18/h5,8-10,16H,2-4,6-7H2,1H3,(H,17,20). The monoisotopic (exact) mass is 305 g/mol. The molecule has 7 heteroatoms. The first-order valence-electron chi connectivity index (χ1n) is 7.21. The fourth-order valence-corrected chi connectivity index (χ4v) is 2.95. The van der Waals surface area contributed by atoms with E-state index in [1.54, 1.807) is 10.7 Å². The van der Waals surface area contributed by atoms with Crippen LogP contribution in [0, 0.1) is 0 Å². The second-order valence-corrected chi connectivity index (χ2v) is 5.70. The third-order valence-electron chi connectivity index (χ3n) is 3.58. The van der Waals surface area contributed by atoms with E-state index in [4.69, 9.17) is 0 Å². The van der Waals surface area contributed by atoms with E-state index < -0.39 is 0 Å². The highest BCUT2D eigenvalue weighted by atomic mass is 32.2. The van der Waals surface area contributed by atoms with E-state index >= 15 is 0 Å². The van der Waals surface area contributed by atoms with Gasteiger partial charge in [0.25, 0.3) is 5.91 Å². The molecule has 1 aliphatic heterocycles. The summed E-state index contributed by atoms with van der Waals surface area (Å²) < 4.78 is 7.50. The zero-order valence-electron chi connectivity index (χ0n) is 12.0. The van der Waals surface area contributed by atoms with Crippen molar-refractivity contribution in [2.45, 2.75) is 19.8 Å². The zero-order valence-corrected chi connectivity index (χ0v) is 12.8. The molecule has 2 aromatic rings. The maximum absolute atomic E-state index is 12.2. The SMILES string of the molecule is CCNSNC(=O)c1cnn2ccc(N3CCCC3)cc12. The van der Waals surface area contributed by atoms with Crippen LogP contribution in [0.5, 0.6) is 0 Å². The number of nitrogens with zero attached hydrogens (tertiary/aromatic N) is 3. The molecule has 112 valence electrons. The first kappa shape index (κ1) is 14.2. The van der Waals surface area contributed by atoms with Gasteiger partial charge in [-0.25, -0.2) is 9.24 Å². The van der Waals surface area contributed by atoms with Crippen molar-refractivity contribution in [2.24, 2.45) is 0 Å². The van der Waals surface area contributed by atoms with Gasteiger partial charge in [0.15, 0.2) is 0 Å². The highest BCUT2D eigenvalue weighted by Crippen LogP contribution is 2.23. The molecule has 0 unspecified atom stereocenters. The molecule has 0 aromatic carbocycles. The van der Waals surface area contributed by atoms with E-state index in [0.29, 0.717) is 5.56 Å². The molecule has 3 rings (SSSR count). The topological polar surface area (TPSA) is 61.7 Å². The molecule has 1 fully saturated rings. The van der Waals surface area contributed by atoms with Crippen LogP contribution in [0.25, 0.3) is 5.52 Å². The second-order valence-electron chi connectivity index (χ2n) is 5.00. The molecule has 0 spiro atoms. The van der Waals surface area contributed by atoms with Crippen molar-refractivity contribution in [3.05, 3.63) is 30.1 Å². The first-order chi connectivity index (χ1) is 10.3. The van der Waals surface area contributed by atoms with Gasteiger partial charge in [-0.15, -0.1) is 0 Å². The largest absolute Gasteiger partial charge is 0.371 e. The lowest BCUT2D eigenvalue weighted by Gasteiger charge is -2.17. The Morgan fingerprint density at radius 1 is 1.43 bits per heavy atom. The Labute approximate surface area is 128 Å². The quantitative estimate of drug-likeness (QED) is 0.652. The van der Waals surface area contributed by atoms with Crippen LogP contribution in [0.1, 0.15) is 30.1 Å². The molecule has 1 aliphatic rings. The molecule has 2 N–H and O–H groups in total. The number of anilines is 1. The number of rotatable bonds is 5. The number of pyridine rings is 1. The van der Waals surface area contributed by atoms with Gasteiger partial charge in [0.2, 0.25) is 0 Å². The maximum atomic E-state index is 12.2. The molecule has 0 radical (unpaired) electrons. The fourth-order valence-electron chi connectivity index (χ4n) is 2.53. The summed E-state index contributed by atoms with van der Waals surface area (Å²) in [7, 11) is 0. The van der Waals surface area contributed by atoms with Crippen LogP contribution >= 0.6 is 12.1 Å². The lowest BCUT2D eigenvalue weighted by molar-refractivity contribution is 0.0986. The molecule has 0 bridgehead atoms. The van der Waals surface area contributed by atoms with E-state index in [-0.39, 0.29) is 5.91 Å².